The molecule has 2 heterocycles. The van der Waals surface area contributed by atoms with Gasteiger partial charge in [-0.25, -0.2) is 28.7 Å². The summed E-state index contributed by atoms with van der Waals surface area (Å²) in [5.74, 6) is -0.0681. The van der Waals surface area contributed by atoms with Gasteiger partial charge in [0.2, 0.25) is 0 Å². The molecule has 9 nitrogen and oxygen atoms in total. The molecule has 2 amide bonds. The highest BCUT2D eigenvalue weighted by Gasteiger charge is 2.43. The number of hydrogen-bond acceptors (Lipinski definition) is 6. The molecule has 2 aliphatic heterocycles. The quantitative estimate of drug-likeness (QED) is 0.167. The number of unbranched alkanes of at least 4 members (excludes halogenated alkanes) is 2. The molecule has 0 atom stereocenters. The second-order valence-electron chi connectivity index (χ2n) is 8.67. The minimum atomic E-state index is -3.52. The third-order valence-electron chi connectivity index (χ3n) is 5.91. The monoisotopic (exact) mass is 506 g/mol. The van der Waals surface area contributed by atoms with E-state index in [9.17, 15) is 13.2 Å². The van der Waals surface area contributed by atoms with Gasteiger partial charge < -0.3 is 5.73 Å². The summed E-state index contributed by atoms with van der Waals surface area (Å²) in [5.41, 5.74) is 15.2. The fourth-order valence-corrected chi connectivity index (χ4v) is 5.25. The molecule has 0 aromatic heterocycles. The lowest BCUT2D eigenvalue weighted by atomic mass is 9.92. The first kappa shape index (κ1) is 25.1. The molecule has 0 radical (unpaired) electrons. The normalized spacial score (nSPS) is 14.4. The molecule has 2 aromatic carbocycles. The summed E-state index contributed by atoms with van der Waals surface area (Å²) in [7, 11) is -3.52. The first-order chi connectivity index (χ1) is 17.2. The van der Waals surface area contributed by atoms with E-state index in [1.54, 1.807) is 30.3 Å². The molecule has 5 N–H and O–H groups in total. The number of allylic oxidation sites excluding steroid dienone is 3. The van der Waals surface area contributed by atoms with Crippen molar-refractivity contribution < 1.29 is 13.2 Å². The maximum Gasteiger partial charge on any atom is 0.355 e. The zero-order valence-electron chi connectivity index (χ0n) is 20.3. The molecule has 2 aliphatic rings. The number of fused-ring (bicyclic) bond motifs is 2. The maximum atomic E-state index is 13.4. The largest absolute Gasteiger partial charge is 0.384 e. The maximum absolute atomic E-state index is 13.4. The molecule has 0 unspecified atom stereocenters. The van der Waals surface area contributed by atoms with E-state index in [-0.39, 0.29) is 10.7 Å². The van der Waals surface area contributed by atoms with Crippen LogP contribution in [-0.2, 0) is 9.84 Å². The number of nitrogens with one attached hydrogen (secondary N) is 3. The molecular weight excluding hydrogens is 476 g/mol. The minimum Gasteiger partial charge on any atom is -0.384 e. The van der Waals surface area contributed by atoms with Gasteiger partial charge in [0.15, 0.2) is 9.84 Å². The number of carbonyl (C=O) groups is 1. The third-order valence-corrected chi connectivity index (χ3v) is 7.05. The summed E-state index contributed by atoms with van der Waals surface area (Å²) >= 11 is 0. The lowest BCUT2D eigenvalue weighted by Crippen LogP contribution is -2.55. The lowest BCUT2D eigenvalue weighted by Gasteiger charge is -2.44. The van der Waals surface area contributed by atoms with E-state index in [1.807, 2.05) is 36.4 Å². The van der Waals surface area contributed by atoms with Gasteiger partial charge in [-0.15, -0.1) is 0 Å². The lowest BCUT2D eigenvalue weighted by molar-refractivity contribution is 0.180. The Morgan fingerprint density at radius 3 is 2.50 bits per heavy atom. The molecule has 0 saturated heterocycles. The minimum absolute atomic E-state index is 0.0681. The van der Waals surface area contributed by atoms with E-state index in [0.29, 0.717) is 34.8 Å². The highest BCUT2D eigenvalue weighted by atomic mass is 32.2. The van der Waals surface area contributed by atoms with Crippen molar-refractivity contribution in [2.45, 2.75) is 26.2 Å². The van der Waals surface area contributed by atoms with E-state index < -0.39 is 15.9 Å². The number of sulfone groups is 1. The highest BCUT2D eigenvalue weighted by Crippen LogP contribution is 2.47. The molecule has 10 heteroatoms. The molecule has 4 rings (SSSR count). The first-order valence-electron chi connectivity index (χ1n) is 11.7. The van der Waals surface area contributed by atoms with Gasteiger partial charge in [0.05, 0.1) is 17.1 Å². The second-order valence-corrected chi connectivity index (χ2v) is 10.6. The van der Waals surface area contributed by atoms with Crippen molar-refractivity contribution in [2.75, 3.05) is 18.2 Å². The van der Waals surface area contributed by atoms with Crippen molar-refractivity contribution >= 4 is 33.0 Å². The molecule has 36 heavy (non-hydrogen) atoms. The van der Waals surface area contributed by atoms with Crippen LogP contribution in [0.4, 0.5) is 10.5 Å². The van der Waals surface area contributed by atoms with Gasteiger partial charge in [-0.3, -0.25) is 10.8 Å². The van der Waals surface area contributed by atoms with E-state index >= 15 is 0 Å². The number of hydrogen-bond donors (Lipinski definition) is 4. The van der Waals surface area contributed by atoms with Gasteiger partial charge in [0.25, 0.3) is 0 Å². The summed E-state index contributed by atoms with van der Waals surface area (Å²) in [4.78, 5) is 13.6. The Bertz CT molecular complexity index is 1380. The number of benzene rings is 2. The number of carbonyl (C=O) groups excluding carboxylic acids is 1. The Morgan fingerprint density at radius 2 is 1.83 bits per heavy atom. The van der Waals surface area contributed by atoms with Gasteiger partial charge in [0.1, 0.15) is 10.7 Å². The SMILES string of the molecule is CCCCCN(Nc1cccc(C(=N)N)c1)C(=O)NN1c2ccc(-c3ccccc3)c1c2S(C)(=O)=O. The van der Waals surface area contributed by atoms with Crippen LogP contribution < -0.4 is 16.6 Å². The second kappa shape index (κ2) is 10.3. The fourth-order valence-electron chi connectivity index (χ4n) is 4.15. The van der Waals surface area contributed by atoms with Crippen molar-refractivity contribution in [1.29, 1.82) is 5.41 Å². The number of nitrogen functional groups attached to an aromatic ring is 1. The predicted octanol–water partition coefficient (Wildman–Crippen LogP) is 3.97. The average Bonchev–Trinajstić information content (AvgIpc) is 2.86. The molecule has 188 valence electrons. The predicted molar refractivity (Wildman–Crippen MR) is 142 cm³/mol. The van der Waals surface area contributed by atoms with Crippen molar-refractivity contribution in [3.8, 4) is 0 Å². The van der Waals surface area contributed by atoms with Crippen LogP contribution in [0.25, 0.3) is 5.57 Å². The van der Waals surface area contributed by atoms with E-state index in [0.717, 1.165) is 24.8 Å². The Kier molecular flexibility index (Phi) is 7.16. The molecule has 0 fully saturated rings. The van der Waals surface area contributed by atoms with Crippen molar-refractivity contribution in [3.63, 3.8) is 0 Å². The van der Waals surface area contributed by atoms with E-state index in [4.69, 9.17) is 11.1 Å². The Hall–Kier alpha value is -4.05. The van der Waals surface area contributed by atoms with E-state index in [2.05, 4.69) is 17.8 Å². The summed E-state index contributed by atoms with van der Waals surface area (Å²) in [6.45, 7) is 2.51. The molecule has 0 saturated carbocycles. The first-order valence-corrected chi connectivity index (χ1v) is 13.6. The molecule has 0 spiro atoms. The zero-order valence-corrected chi connectivity index (χ0v) is 21.1. The van der Waals surface area contributed by atoms with Gasteiger partial charge in [-0.1, -0.05) is 62.2 Å². The van der Waals surface area contributed by atoms with Crippen molar-refractivity contribution in [3.05, 3.63) is 94.2 Å². The summed E-state index contributed by atoms with van der Waals surface area (Å²) in [5, 5.41) is 10.7. The van der Waals surface area contributed by atoms with Gasteiger partial charge in [-0.2, -0.15) is 0 Å². The number of nitrogens with zero attached hydrogens (tertiary/aromatic N) is 2. The summed E-state index contributed by atoms with van der Waals surface area (Å²) < 4.78 is 25.1. The van der Waals surface area contributed by atoms with Crippen LogP contribution in [0.2, 0.25) is 0 Å². The number of hydrazine groups is 2. The fraction of sp³-hybridized carbons (Fsp3) is 0.231. The molecule has 0 aliphatic carbocycles. The van der Waals surface area contributed by atoms with E-state index in [1.165, 1.54) is 16.3 Å². The third kappa shape index (κ3) is 5.13. The van der Waals surface area contributed by atoms with Gasteiger partial charge >= 0.3 is 6.03 Å². The van der Waals surface area contributed by atoms with Gasteiger partial charge in [-0.05, 0) is 36.3 Å². The van der Waals surface area contributed by atoms with Crippen molar-refractivity contribution in [2.24, 2.45) is 5.73 Å². The number of rotatable bonds is 10. The highest BCUT2D eigenvalue weighted by molar-refractivity contribution is 7.94. The average molecular weight is 507 g/mol. The number of urea groups is 1. The van der Waals surface area contributed by atoms with Crippen molar-refractivity contribution in [1.82, 2.24) is 15.4 Å². The topological polar surface area (TPSA) is 132 Å². The number of amidine groups is 1. The van der Waals surface area contributed by atoms with Crippen LogP contribution in [0.3, 0.4) is 0 Å². The molecule has 2 aromatic rings. The molecular formula is C26H30N6O3S. The number of nitrogens with two attached hydrogens (primary N) is 1. The van der Waals surface area contributed by atoms with Crippen LogP contribution >= 0.6 is 0 Å². The Balaban J connectivity index is 1.60. The summed E-state index contributed by atoms with van der Waals surface area (Å²) in [6.07, 6.45) is 7.45. The number of amides is 2. The van der Waals surface area contributed by atoms with Crippen LogP contribution in [0, 0.1) is 5.41 Å². The standard InChI is InChI=1S/C26H30N6O3S/c1-3-4-8-16-31(29-20-13-9-12-19(17-20)25(27)28)26(33)30-32-22-15-14-21(18-10-6-5-7-11-18)23(32)24(22)36(2,34)35/h5-7,9-15,17,29H,3-4,8,16H2,1-2H3,(H3,27,28)(H,30,33). The van der Waals surface area contributed by atoms with Crippen LogP contribution in [0.1, 0.15) is 37.3 Å². The summed E-state index contributed by atoms with van der Waals surface area (Å²) in [6, 6.07) is 16.0. The van der Waals surface area contributed by atoms with Gasteiger partial charge in [0, 0.05) is 23.9 Å². The van der Waals surface area contributed by atoms with Crippen LogP contribution in [0.5, 0.6) is 0 Å². The number of anilines is 1. The zero-order chi connectivity index (χ0) is 25.9. The van der Waals surface area contributed by atoms with Crippen LogP contribution in [-0.4, -0.2) is 43.1 Å². The Morgan fingerprint density at radius 1 is 1.08 bits per heavy atom. The molecule has 2 bridgehead atoms. The Labute approximate surface area is 211 Å². The smallest absolute Gasteiger partial charge is 0.355 e. The van der Waals surface area contributed by atoms with Crippen LogP contribution in [0.15, 0.2) is 83.0 Å².